The minimum atomic E-state index is -0.412. The molecule has 1 aromatic heterocycles. The molecule has 0 spiro atoms. The smallest absolute Gasteiger partial charge is 0.292 e. The molecule has 0 aliphatic rings. The van der Waals surface area contributed by atoms with Gasteiger partial charge in [-0.05, 0) is 25.1 Å². The Labute approximate surface area is 109 Å². The van der Waals surface area contributed by atoms with Gasteiger partial charge in [0.2, 0.25) is 5.82 Å². The molecule has 0 saturated carbocycles. The number of rotatable bonds is 4. The lowest BCUT2D eigenvalue weighted by atomic mass is 10.2. The molecule has 98 valence electrons. The Morgan fingerprint density at radius 3 is 2.84 bits per heavy atom. The van der Waals surface area contributed by atoms with Crippen molar-refractivity contribution in [2.75, 3.05) is 11.9 Å². The summed E-state index contributed by atoms with van der Waals surface area (Å²) in [7, 11) is 0. The van der Waals surface area contributed by atoms with Crippen LogP contribution in [0.4, 0.5) is 5.69 Å². The normalized spacial score (nSPS) is 9.95. The summed E-state index contributed by atoms with van der Waals surface area (Å²) in [6, 6.07) is 6.66. The lowest BCUT2D eigenvalue weighted by Crippen LogP contribution is -2.22. The predicted octanol–water partition coefficient (Wildman–Crippen LogP) is 0.807. The summed E-state index contributed by atoms with van der Waals surface area (Å²) in [6.07, 6.45) is 1.25. The molecule has 0 radical (unpaired) electrons. The summed E-state index contributed by atoms with van der Waals surface area (Å²) in [5.74, 6) is -0.479. The van der Waals surface area contributed by atoms with Crippen LogP contribution >= 0.6 is 0 Å². The third-order valence-corrected chi connectivity index (χ3v) is 2.35. The first-order valence-corrected chi connectivity index (χ1v) is 5.75. The van der Waals surface area contributed by atoms with E-state index in [2.05, 4.69) is 25.8 Å². The number of H-pyrrole nitrogens is 1. The number of nitrogens with zero attached hydrogens (tertiary/aromatic N) is 2. The van der Waals surface area contributed by atoms with Crippen LogP contribution < -0.4 is 10.6 Å². The average Bonchev–Trinajstić information content (AvgIpc) is 2.93. The van der Waals surface area contributed by atoms with E-state index >= 15 is 0 Å². The van der Waals surface area contributed by atoms with Gasteiger partial charge in [0, 0.05) is 17.8 Å². The molecule has 0 aliphatic carbocycles. The predicted molar refractivity (Wildman–Crippen MR) is 68.8 cm³/mol. The first kappa shape index (κ1) is 12.7. The molecule has 7 nitrogen and oxygen atoms in total. The molecule has 7 heteroatoms. The monoisotopic (exact) mass is 259 g/mol. The van der Waals surface area contributed by atoms with Crippen LogP contribution in [0, 0.1) is 0 Å². The maximum Gasteiger partial charge on any atom is 0.292 e. The Morgan fingerprint density at radius 2 is 2.16 bits per heavy atom. The van der Waals surface area contributed by atoms with Gasteiger partial charge in [-0.1, -0.05) is 6.07 Å². The lowest BCUT2D eigenvalue weighted by molar-refractivity contribution is 0.0954. The molecule has 0 bridgehead atoms. The summed E-state index contributed by atoms with van der Waals surface area (Å²) in [4.78, 5) is 27.1. The Balaban J connectivity index is 2.11. The number of nitrogens with one attached hydrogen (secondary N) is 3. The number of hydrogen-bond acceptors (Lipinski definition) is 4. The highest BCUT2D eigenvalue weighted by Gasteiger charge is 2.10. The molecule has 2 rings (SSSR count). The number of benzene rings is 1. The third kappa shape index (κ3) is 3.15. The Kier molecular flexibility index (Phi) is 3.87. The van der Waals surface area contributed by atoms with E-state index in [-0.39, 0.29) is 11.7 Å². The van der Waals surface area contributed by atoms with Crippen molar-refractivity contribution in [1.82, 2.24) is 20.5 Å². The van der Waals surface area contributed by atoms with Crippen molar-refractivity contribution in [3.8, 4) is 0 Å². The summed E-state index contributed by atoms with van der Waals surface area (Å²) in [6.45, 7) is 2.39. The lowest BCUT2D eigenvalue weighted by Gasteiger charge is -2.06. The Morgan fingerprint density at radius 1 is 1.32 bits per heavy atom. The molecule has 0 atom stereocenters. The second-order valence-corrected chi connectivity index (χ2v) is 3.73. The van der Waals surface area contributed by atoms with E-state index in [0.29, 0.717) is 17.8 Å². The molecule has 1 heterocycles. The van der Waals surface area contributed by atoms with Crippen LogP contribution in [0.3, 0.4) is 0 Å². The number of amides is 2. The fourth-order valence-corrected chi connectivity index (χ4v) is 1.51. The van der Waals surface area contributed by atoms with Crippen LogP contribution in [-0.2, 0) is 0 Å². The van der Waals surface area contributed by atoms with Crippen LogP contribution in [0.1, 0.15) is 27.9 Å². The van der Waals surface area contributed by atoms with E-state index < -0.39 is 5.91 Å². The summed E-state index contributed by atoms with van der Waals surface area (Å²) >= 11 is 0. The first-order valence-electron chi connectivity index (χ1n) is 5.75. The highest BCUT2D eigenvalue weighted by Crippen LogP contribution is 2.11. The number of aromatic amines is 1. The first-order chi connectivity index (χ1) is 9.20. The van der Waals surface area contributed by atoms with E-state index in [1.54, 1.807) is 24.3 Å². The number of carbonyl (C=O) groups excluding carboxylic acids is 2. The van der Waals surface area contributed by atoms with E-state index in [9.17, 15) is 9.59 Å². The molecule has 0 unspecified atom stereocenters. The Hall–Kier alpha value is -2.70. The van der Waals surface area contributed by atoms with Crippen LogP contribution in [0.2, 0.25) is 0 Å². The van der Waals surface area contributed by atoms with Crippen LogP contribution in [0.5, 0.6) is 0 Å². The minimum absolute atomic E-state index is 0.114. The van der Waals surface area contributed by atoms with Crippen molar-refractivity contribution in [2.45, 2.75) is 6.92 Å². The molecule has 0 fully saturated rings. The molecular weight excluding hydrogens is 246 g/mol. The van der Waals surface area contributed by atoms with Crippen molar-refractivity contribution in [3.05, 3.63) is 42.0 Å². The van der Waals surface area contributed by atoms with E-state index in [0.717, 1.165) is 0 Å². The zero-order valence-electron chi connectivity index (χ0n) is 10.3. The average molecular weight is 259 g/mol. The molecule has 19 heavy (non-hydrogen) atoms. The Bertz CT molecular complexity index is 580. The summed E-state index contributed by atoms with van der Waals surface area (Å²) in [5, 5.41) is 11.4. The van der Waals surface area contributed by atoms with Crippen molar-refractivity contribution in [3.63, 3.8) is 0 Å². The highest BCUT2D eigenvalue weighted by atomic mass is 16.2. The standard InChI is InChI=1S/C12H13N5O2/c1-2-13-11(18)8-4-3-5-9(6-8)16-12(19)10-14-7-15-17-10/h3-7H,2H2,1H3,(H,13,18)(H,16,19)(H,14,15,17). The molecular formula is C12H13N5O2. The van der Waals surface area contributed by atoms with Gasteiger partial charge >= 0.3 is 0 Å². The maximum atomic E-state index is 11.7. The zero-order chi connectivity index (χ0) is 13.7. The van der Waals surface area contributed by atoms with E-state index in [1.165, 1.54) is 6.33 Å². The molecule has 0 saturated heterocycles. The van der Waals surface area contributed by atoms with Crippen LogP contribution in [-0.4, -0.2) is 33.5 Å². The number of anilines is 1. The van der Waals surface area contributed by atoms with Gasteiger partial charge in [0.05, 0.1) is 0 Å². The highest BCUT2D eigenvalue weighted by molar-refractivity contribution is 6.02. The van der Waals surface area contributed by atoms with E-state index in [1.807, 2.05) is 6.92 Å². The van der Waals surface area contributed by atoms with Gasteiger partial charge in [0.25, 0.3) is 11.8 Å². The number of carbonyl (C=O) groups is 2. The summed E-state index contributed by atoms with van der Waals surface area (Å²) in [5.41, 5.74) is 1.00. The van der Waals surface area contributed by atoms with Gasteiger partial charge in [0.15, 0.2) is 0 Å². The number of hydrogen-bond donors (Lipinski definition) is 3. The number of aromatic nitrogens is 3. The largest absolute Gasteiger partial charge is 0.352 e. The molecule has 2 aromatic rings. The molecule has 3 N–H and O–H groups in total. The van der Waals surface area contributed by atoms with Crippen LogP contribution in [0.25, 0.3) is 0 Å². The molecule has 1 aromatic carbocycles. The second kappa shape index (κ2) is 5.76. The van der Waals surface area contributed by atoms with Gasteiger partial charge in [-0.2, -0.15) is 5.10 Å². The van der Waals surface area contributed by atoms with Gasteiger partial charge in [0.1, 0.15) is 6.33 Å². The van der Waals surface area contributed by atoms with Gasteiger partial charge in [-0.15, -0.1) is 0 Å². The fraction of sp³-hybridized carbons (Fsp3) is 0.167. The third-order valence-electron chi connectivity index (χ3n) is 2.35. The van der Waals surface area contributed by atoms with Crippen molar-refractivity contribution in [2.24, 2.45) is 0 Å². The fourth-order valence-electron chi connectivity index (χ4n) is 1.51. The minimum Gasteiger partial charge on any atom is -0.352 e. The SMILES string of the molecule is CCNC(=O)c1cccc(NC(=O)c2ncn[nH]2)c1. The van der Waals surface area contributed by atoms with Crippen molar-refractivity contribution in [1.29, 1.82) is 0 Å². The molecule has 0 aliphatic heterocycles. The van der Waals surface area contributed by atoms with E-state index in [4.69, 9.17) is 0 Å². The van der Waals surface area contributed by atoms with Gasteiger partial charge in [-0.3, -0.25) is 14.7 Å². The quantitative estimate of drug-likeness (QED) is 0.756. The van der Waals surface area contributed by atoms with Gasteiger partial charge in [-0.25, -0.2) is 4.98 Å². The molecule has 2 amide bonds. The maximum absolute atomic E-state index is 11.7. The van der Waals surface area contributed by atoms with Crippen molar-refractivity contribution < 1.29 is 9.59 Å². The van der Waals surface area contributed by atoms with Crippen LogP contribution in [0.15, 0.2) is 30.6 Å². The summed E-state index contributed by atoms with van der Waals surface area (Å²) < 4.78 is 0. The van der Waals surface area contributed by atoms with Gasteiger partial charge < -0.3 is 10.6 Å². The van der Waals surface area contributed by atoms with Crippen molar-refractivity contribution >= 4 is 17.5 Å². The second-order valence-electron chi connectivity index (χ2n) is 3.73. The topological polar surface area (TPSA) is 99.8 Å². The zero-order valence-corrected chi connectivity index (χ0v) is 10.3.